The Morgan fingerprint density at radius 2 is 1.74 bits per heavy atom. The van der Waals surface area contributed by atoms with E-state index in [1.807, 2.05) is 6.07 Å². The molecule has 0 saturated heterocycles. The van der Waals surface area contributed by atoms with Crippen LogP contribution in [-0.2, 0) is 11.2 Å². The molecular formula is C21H16O6. The standard InChI is InChI=1S/C21H16O6/c1-10-11(2)21(25)27-19-13(10)8-15(22)20-17(19)14(9-16(23)24)18(26-20)12-6-4-3-5-7-12/h3-8,22H,9H2,1-2H3,(H,23,24). The van der Waals surface area contributed by atoms with E-state index in [4.69, 9.17) is 8.83 Å². The van der Waals surface area contributed by atoms with Crippen LogP contribution in [0.4, 0.5) is 0 Å². The van der Waals surface area contributed by atoms with Gasteiger partial charge in [-0.05, 0) is 25.5 Å². The molecule has 0 aliphatic carbocycles. The molecule has 0 aliphatic rings. The summed E-state index contributed by atoms with van der Waals surface area (Å²) in [5.41, 5.74) is 1.95. The van der Waals surface area contributed by atoms with Crippen molar-refractivity contribution >= 4 is 27.9 Å². The van der Waals surface area contributed by atoms with Gasteiger partial charge in [-0.3, -0.25) is 4.79 Å². The van der Waals surface area contributed by atoms with Crippen LogP contribution in [0.2, 0.25) is 0 Å². The highest BCUT2D eigenvalue weighted by atomic mass is 16.4. The number of aryl methyl sites for hydroxylation is 1. The van der Waals surface area contributed by atoms with Gasteiger partial charge in [0.15, 0.2) is 11.3 Å². The number of carboxylic acids is 1. The molecule has 0 fully saturated rings. The van der Waals surface area contributed by atoms with Crippen molar-refractivity contribution in [1.82, 2.24) is 0 Å². The molecule has 0 amide bonds. The van der Waals surface area contributed by atoms with Gasteiger partial charge < -0.3 is 19.0 Å². The van der Waals surface area contributed by atoms with Crippen molar-refractivity contribution < 1.29 is 23.8 Å². The maximum atomic E-state index is 12.2. The number of rotatable bonds is 3. The zero-order chi connectivity index (χ0) is 19.3. The summed E-state index contributed by atoms with van der Waals surface area (Å²) < 4.78 is 11.4. The lowest BCUT2D eigenvalue weighted by Gasteiger charge is -2.07. The lowest BCUT2D eigenvalue weighted by atomic mass is 9.99. The quantitative estimate of drug-likeness (QED) is 0.530. The van der Waals surface area contributed by atoms with Gasteiger partial charge in [0.25, 0.3) is 0 Å². The van der Waals surface area contributed by atoms with Gasteiger partial charge in [-0.15, -0.1) is 0 Å². The Balaban J connectivity index is 2.22. The molecule has 6 nitrogen and oxygen atoms in total. The van der Waals surface area contributed by atoms with Crippen molar-refractivity contribution in [1.29, 1.82) is 0 Å². The van der Waals surface area contributed by atoms with Crippen LogP contribution in [0.5, 0.6) is 5.75 Å². The van der Waals surface area contributed by atoms with Crippen LogP contribution in [-0.4, -0.2) is 16.2 Å². The molecule has 0 radical (unpaired) electrons. The zero-order valence-corrected chi connectivity index (χ0v) is 14.7. The molecule has 2 aromatic heterocycles. The van der Waals surface area contributed by atoms with E-state index in [0.717, 1.165) is 0 Å². The summed E-state index contributed by atoms with van der Waals surface area (Å²) in [6, 6.07) is 10.5. The monoisotopic (exact) mass is 364 g/mol. The second kappa shape index (κ2) is 6.02. The second-order valence-electron chi connectivity index (χ2n) is 6.46. The predicted molar refractivity (Wildman–Crippen MR) is 100 cm³/mol. The number of fused-ring (bicyclic) bond motifs is 3. The van der Waals surface area contributed by atoms with Gasteiger partial charge in [-0.1, -0.05) is 30.3 Å². The summed E-state index contributed by atoms with van der Waals surface area (Å²) in [6.45, 7) is 3.40. The molecule has 4 rings (SSSR count). The van der Waals surface area contributed by atoms with Gasteiger partial charge in [0.05, 0.1) is 11.8 Å². The second-order valence-corrected chi connectivity index (χ2v) is 6.46. The molecule has 0 bridgehead atoms. The first-order valence-electron chi connectivity index (χ1n) is 8.37. The van der Waals surface area contributed by atoms with Crippen LogP contribution < -0.4 is 5.63 Å². The number of phenolic OH excluding ortho intramolecular Hbond substituents is 1. The average Bonchev–Trinajstić information content (AvgIpc) is 3.01. The molecule has 0 unspecified atom stereocenters. The number of benzene rings is 2. The Kier molecular flexibility index (Phi) is 3.77. The summed E-state index contributed by atoms with van der Waals surface area (Å²) in [5.74, 6) is -0.864. The number of aliphatic carboxylic acids is 1. The van der Waals surface area contributed by atoms with E-state index in [0.29, 0.717) is 38.8 Å². The van der Waals surface area contributed by atoms with Gasteiger partial charge in [0.2, 0.25) is 0 Å². The maximum absolute atomic E-state index is 12.2. The van der Waals surface area contributed by atoms with Gasteiger partial charge in [0, 0.05) is 22.1 Å². The largest absolute Gasteiger partial charge is 0.504 e. The van der Waals surface area contributed by atoms with E-state index in [1.165, 1.54) is 6.07 Å². The Morgan fingerprint density at radius 1 is 1.04 bits per heavy atom. The van der Waals surface area contributed by atoms with Gasteiger partial charge in [-0.25, -0.2) is 4.79 Å². The molecule has 2 heterocycles. The van der Waals surface area contributed by atoms with Gasteiger partial charge >= 0.3 is 11.6 Å². The molecule has 6 heteroatoms. The van der Waals surface area contributed by atoms with Crippen molar-refractivity contribution in [2.45, 2.75) is 20.3 Å². The predicted octanol–water partition coefficient (Wildman–Crippen LogP) is 4.16. The van der Waals surface area contributed by atoms with E-state index < -0.39 is 11.6 Å². The van der Waals surface area contributed by atoms with E-state index in [1.54, 1.807) is 38.1 Å². The molecule has 2 N–H and O–H groups in total. The minimum absolute atomic E-state index is 0.101. The molecule has 2 aromatic carbocycles. The Bertz CT molecular complexity index is 1260. The number of furan rings is 1. The number of carbonyl (C=O) groups is 1. The highest BCUT2D eigenvalue weighted by Gasteiger charge is 2.25. The summed E-state index contributed by atoms with van der Waals surface area (Å²) >= 11 is 0. The topological polar surface area (TPSA) is 101 Å². The van der Waals surface area contributed by atoms with Crippen LogP contribution in [0.1, 0.15) is 16.7 Å². The summed E-state index contributed by atoms with van der Waals surface area (Å²) in [7, 11) is 0. The number of hydrogen-bond acceptors (Lipinski definition) is 5. The highest BCUT2D eigenvalue weighted by molar-refractivity contribution is 6.10. The fourth-order valence-corrected chi connectivity index (χ4v) is 3.34. The first-order valence-corrected chi connectivity index (χ1v) is 8.37. The van der Waals surface area contributed by atoms with Crippen molar-refractivity contribution in [2.24, 2.45) is 0 Å². The van der Waals surface area contributed by atoms with Gasteiger partial charge in [-0.2, -0.15) is 0 Å². The lowest BCUT2D eigenvalue weighted by Crippen LogP contribution is -2.06. The van der Waals surface area contributed by atoms with E-state index in [9.17, 15) is 19.8 Å². The smallest absolute Gasteiger partial charge is 0.339 e. The summed E-state index contributed by atoms with van der Waals surface area (Å²) in [5, 5.41) is 20.8. The fourth-order valence-electron chi connectivity index (χ4n) is 3.34. The number of aromatic hydroxyl groups is 1. The van der Waals surface area contributed by atoms with E-state index >= 15 is 0 Å². The molecule has 0 aliphatic heterocycles. The first-order chi connectivity index (χ1) is 12.9. The minimum atomic E-state index is -1.06. The third-order valence-electron chi connectivity index (χ3n) is 4.82. The normalized spacial score (nSPS) is 11.3. The number of phenols is 1. The summed E-state index contributed by atoms with van der Waals surface area (Å²) in [4.78, 5) is 23.7. The number of carboxylic acid groups (broad SMARTS) is 1. The number of hydrogen-bond donors (Lipinski definition) is 2. The van der Waals surface area contributed by atoms with E-state index in [2.05, 4.69) is 0 Å². The lowest BCUT2D eigenvalue weighted by molar-refractivity contribution is -0.136. The fraction of sp³-hybridized carbons (Fsp3) is 0.143. The molecule has 0 saturated carbocycles. The Hall–Kier alpha value is -3.54. The third-order valence-corrected chi connectivity index (χ3v) is 4.82. The van der Waals surface area contributed by atoms with Gasteiger partial charge in [0.1, 0.15) is 11.3 Å². The summed E-state index contributed by atoms with van der Waals surface area (Å²) in [6.07, 6.45) is -0.341. The van der Waals surface area contributed by atoms with Crippen molar-refractivity contribution in [3.8, 4) is 17.1 Å². The third kappa shape index (κ3) is 2.57. The average molecular weight is 364 g/mol. The van der Waals surface area contributed by atoms with Crippen LogP contribution in [0.3, 0.4) is 0 Å². The minimum Gasteiger partial charge on any atom is -0.504 e. The van der Waals surface area contributed by atoms with Crippen LogP contribution in [0, 0.1) is 13.8 Å². The van der Waals surface area contributed by atoms with E-state index in [-0.39, 0.29) is 23.3 Å². The van der Waals surface area contributed by atoms with Crippen LogP contribution in [0.15, 0.2) is 50.0 Å². The molecule has 27 heavy (non-hydrogen) atoms. The van der Waals surface area contributed by atoms with Crippen LogP contribution in [0.25, 0.3) is 33.3 Å². The molecule has 4 aromatic rings. The maximum Gasteiger partial charge on any atom is 0.339 e. The molecule has 0 atom stereocenters. The molecule has 136 valence electrons. The van der Waals surface area contributed by atoms with Crippen molar-refractivity contribution in [3.05, 3.63) is 63.5 Å². The Morgan fingerprint density at radius 3 is 2.41 bits per heavy atom. The zero-order valence-electron chi connectivity index (χ0n) is 14.7. The van der Waals surface area contributed by atoms with Crippen molar-refractivity contribution in [2.75, 3.05) is 0 Å². The highest BCUT2D eigenvalue weighted by Crippen LogP contribution is 2.42. The molecular weight excluding hydrogens is 348 g/mol. The first kappa shape index (κ1) is 16.9. The Labute approximate surface area is 153 Å². The molecule has 0 spiro atoms. The van der Waals surface area contributed by atoms with Crippen LogP contribution >= 0.6 is 0 Å². The SMILES string of the molecule is Cc1c(C)c2cc(O)c3oc(-c4ccccc4)c(CC(=O)O)c3c2oc1=O. The van der Waals surface area contributed by atoms with Crippen molar-refractivity contribution in [3.63, 3.8) is 0 Å².